The molecule has 0 aliphatic heterocycles. The first-order valence-corrected chi connectivity index (χ1v) is 11.7. The highest BCUT2D eigenvalue weighted by Crippen LogP contribution is 2.20. The van der Waals surface area contributed by atoms with Gasteiger partial charge in [0.1, 0.15) is 18.0 Å². The summed E-state index contributed by atoms with van der Waals surface area (Å²) in [7, 11) is 0. The number of nitrogens with zero attached hydrogens (tertiary/aromatic N) is 2. The molecule has 1 aromatic carbocycles. The summed E-state index contributed by atoms with van der Waals surface area (Å²) in [6, 6.07) is 12.6. The number of carbonyl (C=O) groups is 1. The van der Waals surface area contributed by atoms with Crippen LogP contribution in [0.4, 0.5) is 9.18 Å². The average Bonchev–Trinajstić information content (AvgIpc) is 3.23. The number of alkyl carbamates (subject to hydrolysis) is 1. The quantitative estimate of drug-likeness (QED) is 0.307. The number of rotatable bonds is 8. The number of carbonyl (C=O) groups excluding carboxylic acids is 1. The minimum atomic E-state index is -0.613. The molecule has 36 heavy (non-hydrogen) atoms. The Morgan fingerprint density at radius 3 is 2.75 bits per heavy atom. The normalized spacial score (nSPS) is 12.6. The Balaban J connectivity index is 1.46. The van der Waals surface area contributed by atoms with Gasteiger partial charge in [-0.05, 0) is 62.1 Å². The molecule has 3 aromatic heterocycles. The second kappa shape index (κ2) is 11.0. The van der Waals surface area contributed by atoms with Crippen LogP contribution >= 0.6 is 0 Å². The van der Waals surface area contributed by atoms with E-state index in [9.17, 15) is 9.18 Å². The van der Waals surface area contributed by atoms with Gasteiger partial charge in [-0.25, -0.2) is 9.78 Å². The Hall–Kier alpha value is -4.20. The van der Waals surface area contributed by atoms with E-state index >= 15 is 0 Å². The number of benzene rings is 1. The SMILES string of the molecule is CC(C)(C)OC(=O)NC(COc1cncc(C=Cc2ccnc(F)c2)c1)Cc1c[nH]c2ccccc12. The maximum absolute atomic E-state index is 13.3. The standard InChI is InChI=1S/C28H29FN4O3/c1-28(2,3)36-27(34)33-22(14-21-16-32-25-7-5-4-6-24(21)25)18-35-23-12-20(15-30-17-23)9-8-19-10-11-31-26(29)13-19/h4-13,15-17,22,32H,14,18H2,1-3H3,(H,33,34). The molecule has 1 atom stereocenters. The van der Waals surface area contributed by atoms with Crippen LogP contribution in [0.25, 0.3) is 23.1 Å². The molecule has 0 fully saturated rings. The van der Waals surface area contributed by atoms with Crippen molar-refractivity contribution < 1.29 is 18.7 Å². The average molecular weight is 489 g/mol. The van der Waals surface area contributed by atoms with Gasteiger partial charge >= 0.3 is 6.09 Å². The van der Waals surface area contributed by atoms with Gasteiger partial charge in [-0.15, -0.1) is 0 Å². The number of halogens is 1. The van der Waals surface area contributed by atoms with Crippen molar-refractivity contribution in [2.45, 2.75) is 38.8 Å². The first-order chi connectivity index (χ1) is 17.2. The number of fused-ring (bicyclic) bond motifs is 1. The van der Waals surface area contributed by atoms with E-state index in [0.717, 1.165) is 22.0 Å². The molecule has 3 heterocycles. The third-order valence-electron chi connectivity index (χ3n) is 5.27. The number of pyridine rings is 2. The summed E-state index contributed by atoms with van der Waals surface area (Å²) in [5, 5.41) is 4.03. The topological polar surface area (TPSA) is 89.1 Å². The largest absolute Gasteiger partial charge is 0.490 e. The molecule has 4 rings (SSSR count). The Bertz CT molecular complexity index is 1360. The molecule has 0 bridgehead atoms. The molecule has 8 heteroatoms. The van der Waals surface area contributed by atoms with Crippen LogP contribution in [0.15, 0.2) is 67.3 Å². The molecule has 7 nitrogen and oxygen atoms in total. The number of aromatic nitrogens is 3. The van der Waals surface area contributed by atoms with Gasteiger partial charge in [0, 0.05) is 35.6 Å². The van der Waals surface area contributed by atoms with Gasteiger partial charge in [-0.2, -0.15) is 4.39 Å². The zero-order valence-corrected chi connectivity index (χ0v) is 20.5. The van der Waals surface area contributed by atoms with Crippen LogP contribution in [0, 0.1) is 5.95 Å². The number of nitrogens with one attached hydrogen (secondary N) is 2. The monoisotopic (exact) mass is 488 g/mol. The molecule has 0 radical (unpaired) electrons. The molecule has 0 aliphatic carbocycles. The predicted molar refractivity (Wildman–Crippen MR) is 138 cm³/mol. The summed E-state index contributed by atoms with van der Waals surface area (Å²) in [5.74, 6) is 0.0130. The van der Waals surface area contributed by atoms with Crippen LogP contribution in [0.3, 0.4) is 0 Å². The van der Waals surface area contributed by atoms with Gasteiger partial charge in [0.15, 0.2) is 0 Å². The molecular formula is C28H29FN4O3. The molecule has 0 saturated heterocycles. The van der Waals surface area contributed by atoms with Crippen molar-refractivity contribution in [1.82, 2.24) is 20.3 Å². The number of ether oxygens (including phenoxy) is 2. The van der Waals surface area contributed by atoms with E-state index in [0.29, 0.717) is 17.7 Å². The zero-order chi connectivity index (χ0) is 25.5. The Morgan fingerprint density at radius 1 is 1.14 bits per heavy atom. The van der Waals surface area contributed by atoms with E-state index in [2.05, 4.69) is 20.3 Å². The summed E-state index contributed by atoms with van der Waals surface area (Å²) in [4.78, 5) is 23.6. The molecule has 0 spiro atoms. The van der Waals surface area contributed by atoms with Crippen LogP contribution in [0.2, 0.25) is 0 Å². The Morgan fingerprint density at radius 2 is 1.94 bits per heavy atom. The fraction of sp³-hybridized carbons (Fsp3) is 0.250. The number of hydrogen-bond donors (Lipinski definition) is 2. The molecule has 0 saturated carbocycles. The molecule has 186 valence electrons. The lowest BCUT2D eigenvalue weighted by Crippen LogP contribution is -2.43. The highest BCUT2D eigenvalue weighted by molar-refractivity contribution is 5.83. The fourth-order valence-corrected chi connectivity index (χ4v) is 3.71. The summed E-state index contributed by atoms with van der Waals surface area (Å²) >= 11 is 0. The van der Waals surface area contributed by atoms with E-state index in [1.165, 1.54) is 12.3 Å². The van der Waals surface area contributed by atoms with Gasteiger partial charge in [-0.3, -0.25) is 4.98 Å². The third-order valence-corrected chi connectivity index (χ3v) is 5.27. The van der Waals surface area contributed by atoms with Crippen molar-refractivity contribution in [1.29, 1.82) is 0 Å². The van der Waals surface area contributed by atoms with Crippen molar-refractivity contribution in [2.75, 3.05) is 6.61 Å². The van der Waals surface area contributed by atoms with E-state index in [-0.39, 0.29) is 12.6 Å². The first kappa shape index (κ1) is 24.9. The maximum Gasteiger partial charge on any atom is 0.408 e. The van der Waals surface area contributed by atoms with Crippen molar-refractivity contribution in [2.24, 2.45) is 0 Å². The van der Waals surface area contributed by atoms with Crippen LogP contribution in [0.1, 0.15) is 37.5 Å². The lowest BCUT2D eigenvalue weighted by atomic mass is 10.1. The van der Waals surface area contributed by atoms with Crippen molar-refractivity contribution >= 4 is 29.1 Å². The summed E-state index contributed by atoms with van der Waals surface area (Å²) < 4.78 is 24.8. The van der Waals surface area contributed by atoms with Crippen LogP contribution in [0.5, 0.6) is 5.75 Å². The van der Waals surface area contributed by atoms with E-state index in [4.69, 9.17) is 9.47 Å². The van der Waals surface area contributed by atoms with Gasteiger partial charge in [0.2, 0.25) is 5.95 Å². The van der Waals surface area contributed by atoms with Gasteiger partial charge in [0.25, 0.3) is 0 Å². The van der Waals surface area contributed by atoms with E-state index in [1.807, 2.05) is 63.4 Å². The lowest BCUT2D eigenvalue weighted by molar-refractivity contribution is 0.0488. The van der Waals surface area contributed by atoms with Gasteiger partial charge in [0.05, 0.1) is 12.2 Å². The summed E-state index contributed by atoms with van der Waals surface area (Å²) in [5.41, 5.74) is 2.96. The summed E-state index contributed by atoms with van der Waals surface area (Å²) in [6.45, 7) is 5.68. The molecule has 2 N–H and O–H groups in total. The zero-order valence-electron chi connectivity index (χ0n) is 20.5. The molecular weight excluding hydrogens is 459 g/mol. The number of aromatic amines is 1. The highest BCUT2D eigenvalue weighted by atomic mass is 19.1. The predicted octanol–water partition coefficient (Wildman–Crippen LogP) is 5.78. The number of hydrogen-bond acceptors (Lipinski definition) is 5. The van der Waals surface area contributed by atoms with E-state index in [1.54, 1.807) is 24.5 Å². The smallest absolute Gasteiger partial charge is 0.408 e. The van der Waals surface area contributed by atoms with E-state index < -0.39 is 17.6 Å². The summed E-state index contributed by atoms with van der Waals surface area (Å²) in [6.07, 6.45) is 10.3. The number of para-hydroxylation sites is 1. The Kier molecular flexibility index (Phi) is 7.63. The minimum Gasteiger partial charge on any atom is -0.490 e. The van der Waals surface area contributed by atoms with Gasteiger partial charge < -0.3 is 19.8 Å². The highest BCUT2D eigenvalue weighted by Gasteiger charge is 2.21. The van der Waals surface area contributed by atoms with Crippen LogP contribution < -0.4 is 10.1 Å². The lowest BCUT2D eigenvalue weighted by Gasteiger charge is -2.24. The minimum absolute atomic E-state index is 0.211. The Labute approximate surface area is 209 Å². The molecule has 4 aromatic rings. The number of amides is 1. The van der Waals surface area contributed by atoms with Crippen molar-refractivity contribution in [3.05, 3.63) is 89.9 Å². The molecule has 1 unspecified atom stereocenters. The fourth-order valence-electron chi connectivity index (χ4n) is 3.71. The second-order valence-electron chi connectivity index (χ2n) is 9.42. The third kappa shape index (κ3) is 7.15. The van der Waals surface area contributed by atoms with Gasteiger partial charge in [-0.1, -0.05) is 30.4 Å². The maximum atomic E-state index is 13.3. The number of H-pyrrole nitrogens is 1. The van der Waals surface area contributed by atoms with Crippen molar-refractivity contribution in [3.63, 3.8) is 0 Å². The molecule has 1 amide bonds. The van der Waals surface area contributed by atoms with Crippen molar-refractivity contribution in [3.8, 4) is 5.75 Å². The second-order valence-corrected chi connectivity index (χ2v) is 9.42. The first-order valence-electron chi connectivity index (χ1n) is 11.7. The van der Waals surface area contributed by atoms with Crippen LogP contribution in [-0.2, 0) is 11.2 Å². The van der Waals surface area contributed by atoms with Crippen LogP contribution in [-0.4, -0.2) is 39.3 Å². The molecule has 0 aliphatic rings.